The molecule has 0 radical (unpaired) electrons. The largest absolute Gasteiger partial charge is 0.313 e. The molecule has 2 heterocycles. The molecule has 1 aliphatic heterocycles. The second kappa shape index (κ2) is 4.31. The zero-order valence-electron chi connectivity index (χ0n) is 9.17. The number of hydrogen-bond donors (Lipinski definition) is 1. The number of nitrogens with zero attached hydrogens (tertiary/aromatic N) is 2. The average Bonchev–Trinajstić information content (AvgIpc) is 2.69. The topological polar surface area (TPSA) is 29.9 Å². The van der Waals surface area contributed by atoms with Gasteiger partial charge in [0.05, 0.1) is 6.20 Å². The minimum Gasteiger partial charge on any atom is -0.313 e. The van der Waals surface area contributed by atoms with Crippen LogP contribution in [0.5, 0.6) is 0 Å². The highest BCUT2D eigenvalue weighted by Gasteiger charge is 2.34. The van der Waals surface area contributed by atoms with Gasteiger partial charge < -0.3 is 5.32 Å². The van der Waals surface area contributed by atoms with Crippen molar-refractivity contribution in [3.05, 3.63) is 18.0 Å². The van der Waals surface area contributed by atoms with Gasteiger partial charge >= 0.3 is 0 Å². The second-order valence-corrected chi connectivity index (χ2v) is 4.24. The Balaban J connectivity index is 2.12. The van der Waals surface area contributed by atoms with E-state index in [1.165, 1.54) is 0 Å². The Morgan fingerprint density at radius 2 is 2.53 bits per heavy atom. The lowest BCUT2D eigenvalue weighted by molar-refractivity contribution is 0.122. The number of alkyl halides is 1. The summed E-state index contributed by atoms with van der Waals surface area (Å²) in [6, 6.07) is 0. The highest BCUT2D eigenvalue weighted by molar-refractivity contribution is 5.17. The van der Waals surface area contributed by atoms with E-state index in [2.05, 4.69) is 17.3 Å². The molecule has 1 unspecified atom stereocenters. The quantitative estimate of drug-likeness (QED) is 0.826. The summed E-state index contributed by atoms with van der Waals surface area (Å²) in [4.78, 5) is 0. The molecule has 1 aliphatic rings. The summed E-state index contributed by atoms with van der Waals surface area (Å²) in [6.45, 7) is 4.30. The molecule has 15 heavy (non-hydrogen) atoms. The molecule has 0 bridgehead atoms. The van der Waals surface area contributed by atoms with Crippen molar-refractivity contribution in [2.75, 3.05) is 13.1 Å². The molecule has 0 aliphatic carbocycles. The molecule has 0 amide bonds. The fraction of sp³-hybridized carbons (Fsp3) is 0.727. The Morgan fingerprint density at radius 1 is 1.67 bits per heavy atom. The summed E-state index contributed by atoms with van der Waals surface area (Å²) in [5.74, 6) is 0. The van der Waals surface area contributed by atoms with Crippen molar-refractivity contribution < 1.29 is 4.39 Å². The summed E-state index contributed by atoms with van der Waals surface area (Å²) in [5, 5.41) is 7.28. The third-order valence-electron chi connectivity index (χ3n) is 2.94. The molecule has 1 saturated heterocycles. The zero-order valence-corrected chi connectivity index (χ0v) is 9.17. The van der Waals surface area contributed by atoms with Gasteiger partial charge in [0.15, 0.2) is 5.67 Å². The van der Waals surface area contributed by atoms with Crippen molar-refractivity contribution in [2.45, 2.75) is 38.4 Å². The maximum absolute atomic E-state index is 14.4. The molecule has 3 nitrogen and oxygen atoms in total. The predicted molar refractivity (Wildman–Crippen MR) is 57.4 cm³/mol. The number of rotatable bonds is 3. The summed E-state index contributed by atoms with van der Waals surface area (Å²) in [6.07, 6.45) is 6.05. The smallest absolute Gasteiger partial charge is 0.151 e. The van der Waals surface area contributed by atoms with Gasteiger partial charge in [0.25, 0.3) is 0 Å². The first-order valence-corrected chi connectivity index (χ1v) is 5.67. The van der Waals surface area contributed by atoms with Gasteiger partial charge in [0.2, 0.25) is 0 Å². The van der Waals surface area contributed by atoms with E-state index in [9.17, 15) is 4.39 Å². The number of aromatic nitrogens is 2. The van der Waals surface area contributed by atoms with E-state index < -0.39 is 5.67 Å². The van der Waals surface area contributed by atoms with E-state index >= 15 is 0 Å². The van der Waals surface area contributed by atoms with E-state index in [-0.39, 0.29) is 0 Å². The molecule has 1 aromatic heterocycles. The maximum Gasteiger partial charge on any atom is 0.151 e. The summed E-state index contributed by atoms with van der Waals surface area (Å²) in [5.41, 5.74) is -0.479. The zero-order chi connectivity index (χ0) is 10.7. The number of piperidine rings is 1. The van der Waals surface area contributed by atoms with Crippen LogP contribution in [0.3, 0.4) is 0 Å². The van der Waals surface area contributed by atoms with Crippen LogP contribution in [0.15, 0.2) is 12.4 Å². The first-order valence-electron chi connectivity index (χ1n) is 5.67. The van der Waals surface area contributed by atoms with Gasteiger partial charge in [-0.1, -0.05) is 6.92 Å². The Kier molecular flexibility index (Phi) is 3.05. The number of nitrogens with one attached hydrogen (secondary N) is 1. The first kappa shape index (κ1) is 10.6. The highest BCUT2D eigenvalue weighted by atomic mass is 19.1. The molecule has 0 saturated carbocycles. The Morgan fingerprint density at radius 3 is 3.20 bits per heavy atom. The van der Waals surface area contributed by atoms with Gasteiger partial charge in [0, 0.05) is 24.8 Å². The molecular weight excluding hydrogens is 193 g/mol. The second-order valence-electron chi connectivity index (χ2n) is 4.24. The Bertz CT molecular complexity index is 315. The minimum atomic E-state index is -1.20. The van der Waals surface area contributed by atoms with Crippen LogP contribution < -0.4 is 5.32 Å². The predicted octanol–water partition coefficient (Wildman–Crippen LogP) is 1.84. The van der Waals surface area contributed by atoms with Crippen LogP contribution in [-0.4, -0.2) is 22.9 Å². The van der Waals surface area contributed by atoms with Gasteiger partial charge in [-0.3, -0.25) is 4.68 Å². The van der Waals surface area contributed by atoms with Crippen LogP contribution >= 0.6 is 0 Å². The lowest BCUT2D eigenvalue weighted by atomic mass is 9.91. The average molecular weight is 211 g/mol. The molecule has 0 spiro atoms. The molecular formula is C11H18FN3. The molecule has 4 heteroatoms. The van der Waals surface area contributed by atoms with Gasteiger partial charge in [0.1, 0.15) is 0 Å². The lowest BCUT2D eigenvalue weighted by Crippen LogP contribution is -2.39. The fourth-order valence-corrected chi connectivity index (χ4v) is 2.06. The molecule has 2 rings (SSSR count). The Labute approximate surface area is 89.7 Å². The van der Waals surface area contributed by atoms with E-state index in [1.807, 2.05) is 10.9 Å². The third kappa shape index (κ3) is 2.20. The van der Waals surface area contributed by atoms with Crippen molar-refractivity contribution in [1.29, 1.82) is 0 Å². The van der Waals surface area contributed by atoms with Crippen molar-refractivity contribution >= 4 is 0 Å². The van der Waals surface area contributed by atoms with Gasteiger partial charge in [-0.2, -0.15) is 5.10 Å². The monoisotopic (exact) mass is 211 g/mol. The number of halogens is 1. The van der Waals surface area contributed by atoms with Crippen LogP contribution in [0.1, 0.15) is 31.7 Å². The van der Waals surface area contributed by atoms with Crippen LogP contribution in [-0.2, 0) is 12.2 Å². The van der Waals surface area contributed by atoms with Crippen molar-refractivity contribution in [3.8, 4) is 0 Å². The maximum atomic E-state index is 14.4. The van der Waals surface area contributed by atoms with Gasteiger partial charge in [-0.15, -0.1) is 0 Å². The molecule has 1 atom stereocenters. The summed E-state index contributed by atoms with van der Waals surface area (Å²) in [7, 11) is 0. The molecule has 84 valence electrons. The van der Waals surface area contributed by atoms with Crippen molar-refractivity contribution in [1.82, 2.24) is 15.1 Å². The summed E-state index contributed by atoms with van der Waals surface area (Å²) < 4.78 is 16.3. The third-order valence-corrected chi connectivity index (χ3v) is 2.94. The van der Waals surface area contributed by atoms with Crippen LogP contribution in [0.25, 0.3) is 0 Å². The van der Waals surface area contributed by atoms with Gasteiger partial charge in [-0.05, 0) is 25.8 Å². The minimum absolute atomic E-state index is 0.421. The fourth-order valence-electron chi connectivity index (χ4n) is 2.06. The standard InChI is InChI=1S/C11H18FN3/c1-2-6-15-8-10(7-14-15)11(12)4-3-5-13-9-11/h7-8,13H,2-6,9H2,1H3. The van der Waals surface area contributed by atoms with E-state index in [1.54, 1.807) is 6.20 Å². The number of hydrogen-bond acceptors (Lipinski definition) is 2. The van der Waals surface area contributed by atoms with Crippen LogP contribution in [0.2, 0.25) is 0 Å². The van der Waals surface area contributed by atoms with Crippen molar-refractivity contribution in [2.24, 2.45) is 0 Å². The van der Waals surface area contributed by atoms with Crippen molar-refractivity contribution in [3.63, 3.8) is 0 Å². The highest BCUT2D eigenvalue weighted by Crippen LogP contribution is 2.32. The molecule has 1 N–H and O–H groups in total. The van der Waals surface area contributed by atoms with Crippen LogP contribution in [0.4, 0.5) is 4.39 Å². The lowest BCUT2D eigenvalue weighted by Gasteiger charge is -2.29. The SMILES string of the molecule is CCCn1cc(C2(F)CCCNC2)cn1. The number of aryl methyl sites for hydroxylation is 1. The first-order chi connectivity index (χ1) is 7.24. The Hall–Kier alpha value is -0.900. The van der Waals surface area contributed by atoms with E-state index in [0.717, 1.165) is 31.5 Å². The van der Waals surface area contributed by atoms with Crippen LogP contribution in [0, 0.1) is 0 Å². The normalized spacial score (nSPS) is 26.8. The van der Waals surface area contributed by atoms with E-state index in [4.69, 9.17) is 0 Å². The molecule has 1 fully saturated rings. The van der Waals surface area contributed by atoms with Gasteiger partial charge in [-0.25, -0.2) is 4.39 Å². The molecule has 0 aromatic carbocycles. The molecule has 1 aromatic rings. The van der Waals surface area contributed by atoms with E-state index in [0.29, 0.717) is 13.0 Å². The summed E-state index contributed by atoms with van der Waals surface area (Å²) >= 11 is 0.